The van der Waals surface area contributed by atoms with Crippen LogP contribution in [0.5, 0.6) is 0 Å². The number of carbonyl (C=O) groups excluding carboxylic acids is 2. The molecule has 4 nitrogen and oxygen atoms in total. The third kappa shape index (κ3) is 4.12. The maximum absolute atomic E-state index is 12.3. The highest BCUT2D eigenvalue weighted by atomic mass is 35.5. The minimum Gasteiger partial charge on any atom is -0.345 e. The van der Waals surface area contributed by atoms with Crippen LogP contribution in [0.15, 0.2) is 36.4 Å². The zero-order chi connectivity index (χ0) is 16.4. The highest BCUT2D eigenvalue weighted by Gasteiger charge is 2.29. The lowest BCUT2D eigenvalue weighted by molar-refractivity contribution is -0.117. The summed E-state index contributed by atoms with van der Waals surface area (Å²) in [6.45, 7) is 1.91. The fourth-order valence-corrected chi connectivity index (χ4v) is 3.23. The van der Waals surface area contributed by atoms with E-state index in [0.717, 1.165) is 18.4 Å². The zero-order valence-electron chi connectivity index (χ0n) is 12.6. The number of nitrogens with one attached hydrogen (secondary N) is 2. The van der Waals surface area contributed by atoms with Crippen molar-refractivity contribution in [3.63, 3.8) is 0 Å². The summed E-state index contributed by atoms with van der Waals surface area (Å²) in [6.07, 6.45) is 1.92. The van der Waals surface area contributed by atoms with Gasteiger partial charge in [0.05, 0.1) is 15.9 Å². The molecule has 0 aliphatic heterocycles. The van der Waals surface area contributed by atoms with Gasteiger partial charge in [0, 0.05) is 10.9 Å². The first-order chi connectivity index (χ1) is 11.0. The van der Waals surface area contributed by atoms with E-state index in [1.54, 1.807) is 18.2 Å². The van der Waals surface area contributed by atoms with Crippen LogP contribution in [0.25, 0.3) is 0 Å². The SMILES string of the molecule is C[C@H](NC(=O)c1ccc(NC(=O)C2CC2)s1)c1cccc(Cl)c1. The van der Waals surface area contributed by atoms with Gasteiger partial charge in [-0.05, 0) is 49.6 Å². The largest absolute Gasteiger partial charge is 0.345 e. The molecule has 2 N–H and O–H groups in total. The molecule has 0 bridgehead atoms. The molecular weight excluding hydrogens is 332 g/mol. The maximum atomic E-state index is 12.3. The molecule has 23 heavy (non-hydrogen) atoms. The normalized spacial score (nSPS) is 15.0. The van der Waals surface area contributed by atoms with Gasteiger partial charge in [0.2, 0.25) is 5.91 Å². The Morgan fingerprint density at radius 2 is 2.04 bits per heavy atom. The smallest absolute Gasteiger partial charge is 0.261 e. The molecule has 1 saturated carbocycles. The third-order valence-corrected chi connectivity index (χ3v) is 4.96. The van der Waals surface area contributed by atoms with Crippen LogP contribution in [0, 0.1) is 5.92 Å². The molecule has 0 saturated heterocycles. The number of anilines is 1. The number of amides is 2. The van der Waals surface area contributed by atoms with Crippen LogP contribution in [-0.4, -0.2) is 11.8 Å². The Hall–Kier alpha value is -1.85. The van der Waals surface area contributed by atoms with Gasteiger partial charge < -0.3 is 10.6 Å². The van der Waals surface area contributed by atoms with E-state index in [2.05, 4.69) is 10.6 Å². The van der Waals surface area contributed by atoms with Gasteiger partial charge in [0.15, 0.2) is 0 Å². The molecule has 0 radical (unpaired) electrons. The van der Waals surface area contributed by atoms with Crippen molar-refractivity contribution in [2.75, 3.05) is 5.32 Å². The molecule has 1 fully saturated rings. The summed E-state index contributed by atoms with van der Waals surface area (Å²) in [7, 11) is 0. The van der Waals surface area contributed by atoms with Gasteiger partial charge in [-0.25, -0.2) is 0 Å². The molecule has 1 aromatic heterocycles. The van der Waals surface area contributed by atoms with E-state index in [9.17, 15) is 9.59 Å². The molecule has 0 unspecified atom stereocenters. The van der Waals surface area contributed by atoms with E-state index in [1.807, 2.05) is 25.1 Å². The molecule has 1 aromatic carbocycles. The quantitative estimate of drug-likeness (QED) is 0.849. The fourth-order valence-electron chi connectivity index (χ4n) is 2.22. The van der Waals surface area contributed by atoms with E-state index < -0.39 is 0 Å². The number of rotatable bonds is 5. The highest BCUT2D eigenvalue weighted by Crippen LogP contribution is 2.31. The van der Waals surface area contributed by atoms with Crippen molar-refractivity contribution in [3.05, 3.63) is 51.9 Å². The Balaban J connectivity index is 1.61. The Morgan fingerprint density at radius 1 is 1.26 bits per heavy atom. The van der Waals surface area contributed by atoms with Crippen LogP contribution in [0.1, 0.15) is 41.0 Å². The van der Waals surface area contributed by atoms with Crippen molar-refractivity contribution in [1.29, 1.82) is 0 Å². The van der Waals surface area contributed by atoms with Crippen molar-refractivity contribution < 1.29 is 9.59 Å². The first-order valence-electron chi connectivity index (χ1n) is 7.50. The summed E-state index contributed by atoms with van der Waals surface area (Å²) in [5, 5.41) is 7.15. The monoisotopic (exact) mass is 348 g/mol. The van der Waals surface area contributed by atoms with E-state index in [4.69, 9.17) is 11.6 Å². The van der Waals surface area contributed by atoms with Gasteiger partial charge in [-0.3, -0.25) is 9.59 Å². The lowest BCUT2D eigenvalue weighted by Crippen LogP contribution is -2.25. The fraction of sp³-hybridized carbons (Fsp3) is 0.294. The van der Waals surface area contributed by atoms with Crippen LogP contribution in [-0.2, 0) is 4.79 Å². The van der Waals surface area contributed by atoms with Gasteiger partial charge >= 0.3 is 0 Å². The summed E-state index contributed by atoms with van der Waals surface area (Å²) in [5.41, 5.74) is 0.949. The van der Waals surface area contributed by atoms with Crippen molar-refractivity contribution in [2.24, 2.45) is 5.92 Å². The number of hydrogen-bond donors (Lipinski definition) is 2. The molecule has 1 aliphatic rings. The number of benzene rings is 1. The van der Waals surface area contributed by atoms with Crippen LogP contribution in [0.4, 0.5) is 5.00 Å². The first-order valence-corrected chi connectivity index (χ1v) is 8.69. The predicted octanol–water partition coefficient (Wildman–Crippen LogP) is 4.24. The molecule has 1 atom stereocenters. The van der Waals surface area contributed by atoms with Crippen molar-refractivity contribution >= 4 is 39.8 Å². The highest BCUT2D eigenvalue weighted by molar-refractivity contribution is 7.18. The first kappa shape index (κ1) is 16.0. The topological polar surface area (TPSA) is 58.2 Å². The van der Waals surface area contributed by atoms with Crippen LogP contribution < -0.4 is 10.6 Å². The van der Waals surface area contributed by atoms with Crippen LogP contribution in [0.3, 0.4) is 0 Å². The molecule has 1 heterocycles. The van der Waals surface area contributed by atoms with Crippen molar-refractivity contribution in [3.8, 4) is 0 Å². The number of thiophene rings is 1. The minimum absolute atomic E-state index is 0.0473. The van der Waals surface area contributed by atoms with Crippen LogP contribution >= 0.6 is 22.9 Å². The lowest BCUT2D eigenvalue weighted by Gasteiger charge is -2.13. The molecule has 120 valence electrons. The summed E-state index contributed by atoms with van der Waals surface area (Å²) in [6, 6.07) is 10.8. The second kappa shape index (κ2) is 6.72. The number of hydrogen-bond acceptors (Lipinski definition) is 3. The zero-order valence-corrected chi connectivity index (χ0v) is 14.2. The second-order valence-electron chi connectivity index (χ2n) is 5.68. The Morgan fingerprint density at radius 3 is 2.74 bits per heavy atom. The Labute approximate surface area is 143 Å². The van der Waals surface area contributed by atoms with Gasteiger partial charge in [-0.1, -0.05) is 23.7 Å². The Bertz CT molecular complexity index is 740. The second-order valence-corrected chi connectivity index (χ2v) is 7.20. The molecule has 1 aliphatic carbocycles. The van der Waals surface area contributed by atoms with E-state index >= 15 is 0 Å². The predicted molar refractivity (Wildman–Crippen MR) is 93.0 cm³/mol. The van der Waals surface area contributed by atoms with Crippen molar-refractivity contribution in [2.45, 2.75) is 25.8 Å². The number of carbonyl (C=O) groups is 2. The van der Waals surface area contributed by atoms with E-state index in [1.165, 1.54) is 11.3 Å². The van der Waals surface area contributed by atoms with E-state index in [-0.39, 0.29) is 23.8 Å². The molecule has 2 aromatic rings. The van der Waals surface area contributed by atoms with Gasteiger partial charge in [-0.15, -0.1) is 11.3 Å². The molecule has 2 amide bonds. The summed E-state index contributed by atoms with van der Waals surface area (Å²) in [4.78, 5) is 24.6. The molecule has 6 heteroatoms. The van der Waals surface area contributed by atoms with Gasteiger partial charge in [0.1, 0.15) is 0 Å². The Kier molecular flexibility index (Phi) is 4.68. The molecule has 0 spiro atoms. The lowest BCUT2D eigenvalue weighted by atomic mass is 10.1. The number of halogens is 1. The average molecular weight is 349 g/mol. The maximum Gasteiger partial charge on any atom is 0.261 e. The molecular formula is C17H17ClN2O2S. The summed E-state index contributed by atoms with van der Waals surface area (Å²) < 4.78 is 0. The minimum atomic E-state index is -0.158. The summed E-state index contributed by atoms with van der Waals surface area (Å²) in [5.74, 6) is 0.0396. The summed E-state index contributed by atoms with van der Waals surface area (Å²) >= 11 is 7.26. The van der Waals surface area contributed by atoms with Gasteiger partial charge in [-0.2, -0.15) is 0 Å². The third-order valence-electron chi connectivity index (χ3n) is 3.72. The van der Waals surface area contributed by atoms with Crippen LogP contribution in [0.2, 0.25) is 5.02 Å². The van der Waals surface area contributed by atoms with Crippen molar-refractivity contribution in [1.82, 2.24) is 5.32 Å². The van der Waals surface area contributed by atoms with Gasteiger partial charge in [0.25, 0.3) is 5.91 Å². The standard InChI is InChI=1S/C17H17ClN2O2S/c1-10(12-3-2-4-13(18)9-12)19-17(22)14-7-8-15(23-14)20-16(21)11-5-6-11/h2-4,7-11H,5-6H2,1H3,(H,19,22)(H,20,21)/t10-/m0/s1. The average Bonchev–Trinajstić information content (AvgIpc) is 3.27. The molecule has 3 rings (SSSR count). The van der Waals surface area contributed by atoms with E-state index in [0.29, 0.717) is 14.9 Å².